The monoisotopic (exact) mass is 432 g/mol. The molecule has 1 saturated heterocycles. The first kappa shape index (κ1) is 20.0. The van der Waals surface area contributed by atoms with Gasteiger partial charge in [-0.05, 0) is 12.1 Å². The van der Waals surface area contributed by atoms with E-state index in [0.29, 0.717) is 41.6 Å². The van der Waals surface area contributed by atoms with Gasteiger partial charge in [0.25, 0.3) is 0 Å². The minimum Gasteiger partial charge on any atom is -0.469 e. The summed E-state index contributed by atoms with van der Waals surface area (Å²) in [5, 5.41) is 2.70. The second kappa shape index (κ2) is 9.02. The molecule has 2 aliphatic rings. The number of thioether (sulfide) groups is 1. The average molecular weight is 433 g/mol. The lowest BCUT2D eigenvalue weighted by Crippen LogP contribution is -2.39. The second-order valence-corrected chi connectivity index (χ2v) is 8.41. The number of nitrogens with one attached hydrogen (secondary N) is 1. The van der Waals surface area contributed by atoms with Crippen molar-refractivity contribution in [1.82, 2.24) is 14.9 Å². The van der Waals surface area contributed by atoms with Crippen LogP contribution in [0.4, 0.5) is 5.95 Å². The molecule has 1 atom stereocenters. The van der Waals surface area contributed by atoms with Gasteiger partial charge in [0.2, 0.25) is 11.9 Å². The van der Waals surface area contributed by atoms with Gasteiger partial charge in [0.1, 0.15) is 10.1 Å². The number of amides is 1. The average Bonchev–Trinajstić information content (AvgIpc) is 3.27. The van der Waals surface area contributed by atoms with Crippen molar-refractivity contribution in [2.24, 2.45) is 0 Å². The minimum absolute atomic E-state index is 0.0167. The molecule has 2 aromatic rings. The number of rotatable bonds is 4. The van der Waals surface area contributed by atoms with Crippen LogP contribution in [0.3, 0.4) is 0 Å². The molecule has 0 radical (unpaired) electrons. The number of nitrogens with zero attached hydrogens (tertiary/aromatic N) is 3. The van der Waals surface area contributed by atoms with E-state index in [0.717, 1.165) is 18.8 Å². The Morgan fingerprint density at radius 2 is 2.17 bits per heavy atom. The number of morpholine rings is 1. The molecule has 1 fully saturated rings. The third-order valence-electron chi connectivity index (χ3n) is 4.83. The lowest BCUT2D eigenvalue weighted by atomic mass is 9.85. The van der Waals surface area contributed by atoms with E-state index in [-0.39, 0.29) is 29.3 Å². The molecular formula is C19H20N4O4S2. The lowest BCUT2D eigenvalue weighted by Gasteiger charge is -2.28. The highest BCUT2D eigenvalue weighted by atomic mass is 32.2. The van der Waals surface area contributed by atoms with Gasteiger partial charge in [-0.25, -0.2) is 9.97 Å². The van der Waals surface area contributed by atoms with E-state index >= 15 is 0 Å². The number of aromatic nitrogens is 2. The first-order chi connectivity index (χ1) is 14.1. The Labute approximate surface area is 177 Å². The molecule has 0 unspecified atom stereocenters. The number of carbonyl (C=O) groups excluding carboxylic acids is 2. The van der Waals surface area contributed by atoms with E-state index < -0.39 is 0 Å². The Hall–Kier alpha value is -2.30. The van der Waals surface area contributed by atoms with Crippen LogP contribution in [0.15, 0.2) is 29.0 Å². The van der Waals surface area contributed by atoms with Crippen LogP contribution in [-0.2, 0) is 16.0 Å². The number of hydrogen-bond donors (Lipinski definition) is 1. The Kier molecular flexibility index (Phi) is 6.22. The summed E-state index contributed by atoms with van der Waals surface area (Å²) in [7, 11) is 0. The standard InChI is InChI=1S/C19H20N4O4S2/c24-15-9-12(16-2-1-5-27-16)8-14-13(15)10-20-18(21-14)22-17(25)11-29-19(28)23-3-6-26-7-4-23/h1-2,5,10,12H,3-4,6-9,11H2,(H,20,21,22,25)/t12-/m1/s1. The van der Waals surface area contributed by atoms with E-state index in [1.165, 1.54) is 18.0 Å². The van der Waals surface area contributed by atoms with E-state index in [1.54, 1.807) is 12.3 Å². The number of ether oxygens (including phenoxy) is 1. The topological polar surface area (TPSA) is 97.6 Å². The van der Waals surface area contributed by atoms with Crippen LogP contribution < -0.4 is 5.32 Å². The van der Waals surface area contributed by atoms with Crippen molar-refractivity contribution in [3.8, 4) is 0 Å². The molecule has 8 nitrogen and oxygen atoms in total. The van der Waals surface area contributed by atoms with Crippen LogP contribution in [0.25, 0.3) is 0 Å². The number of hydrogen-bond acceptors (Lipinski definition) is 8. The molecule has 1 N–H and O–H groups in total. The molecule has 152 valence electrons. The molecule has 29 heavy (non-hydrogen) atoms. The van der Waals surface area contributed by atoms with Gasteiger partial charge in [0, 0.05) is 38.0 Å². The fraction of sp³-hybridized carbons (Fsp3) is 0.421. The highest BCUT2D eigenvalue weighted by Crippen LogP contribution is 2.32. The van der Waals surface area contributed by atoms with Crippen LogP contribution in [0.2, 0.25) is 0 Å². The van der Waals surface area contributed by atoms with Gasteiger partial charge in [-0.15, -0.1) is 0 Å². The fourth-order valence-corrected chi connectivity index (χ4v) is 4.41. The smallest absolute Gasteiger partial charge is 0.237 e. The maximum Gasteiger partial charge on any atom is 0.237 e. The second-order valence-electron chi connectivity index (χ2n) is 6.80. The summed E-state index contributed by atoms with van der Waals surface area (Å²) in [6.45, 7) is 2.78. The molecule has 2 aromatic heterocycles. The SMILES string of the molecule is O=C(CSC(=S)N1CCOCC1)Nc1ncc2c(n1)C[C@@H](c1ccco1)CC2=O. The minimum atomic E-state index is -0.240. The zero-order valence-electron chi connectivity index (χ0n) is 15.6. The molecule has 0 bridgehead atoms. The predicted octanol–water partition coefficient (Wildman–Crippen LogP) is 2.27. The Morgan fingerprint density at radius 1 is 1.34 bits per heavy atom. The molecule has 4 rings (SSSR count). The van der Waals surface area contributed by atoms with Crippen molar-refractivity contribution >= 4 is 45.9 Å². The molecular weight excluding hydrogens is 412 g/mol. The van der Waals surface area contributed by atoms with Gasteiger partial charge in [0.05, 0.1) is 36.5 Å². The first-order valence-corrected chi connectivity index (χ1v) is 10.7. The third kappa shape index (κ3) is 4.82. The summed E-state index contributed by atoms with van der Waals surface area (Å²) < 4.78 is 11.4. The van der Waals surface area contributed by atoms with Gasteiger partial charge in [-0.1, -0.05) is 24.0 Å². The van der Waals surface area contributed by atoms with E-state index in [2.05, 4.69) is 15.3 Å². The maximum absolute atomic E-state index is 12.4. The molecule has 1 aliphatic heterocycles. The number of carbonyl (C=O) groups is 2. The fourth-order valence-electron chi connectivity index (χ4n) is 3.36. The van der Waals surface area contributed by atoms with E-state index in [4.69, 9.17) is 21.4 Å². The van der Waals surface area contributed by atoms with Crippen molar-refractivity contribution in [3.05, 3.63) is 41.6 Å². The summed E-state index contributed by atoms with van der Waals surface area (Å²) >= 11 is 6.68. The lowest BCUT2D eigenvalue weighted by molar-refractivity contribution is -0.113. The molecule has 0 saturated carbocycles. The summed E-state index contributed by atoms with van der Waals surface area (Å²) in [5.41, 5.74) is 1.14. The van der Waals surface area contributed by atoms with Gasteiger partial charge in [0.15, 0.2) is 5.78 Å². The third-order valence-corrected chi connectivity index (χ3v) is 6.36. The van der Waals surface area contributed by atoms with Crippen LogP contribution in [0.5, 0.6) is 0 Å². The molecule has 1 amide bonds. The predicted molar refractivity (Wildman–Crippen MR) is 112 cm³/mol. The summed E-state index contributed by atoms with van der Waals surface area (Å²) in [6, 6.07) is 3.67. The van der Waals surface area contributed by atoms with Crippen molar-refractivity contribution < 1.29 is 18.7 Å². The normalized spacial score (nSPS) is 19.0. The number of ketones is 1. The Balaban J connectivity index is 1.36. The van der Waals surface area contributed by atoms with Gasteiger partial charge in [-0.3, -0.25) is 14.9 Å². The molecule has 0 aromatic carbocycles. The van der Waals surface area contributed by atoms with Crippen LogP contribution in [0, 0.1) is 0 Å². The van der Waals surface area contributed by atoms with Crippen molar-refractivity contribution in [3.63, 3.8) is 0 Å². The number of furan rings is 1. The number of Topliss-reactive ketones (excluding diaryl/α,β-unsaturated/α-hetero) is 1. The zero-order chi connectivity index (χ0) is 20.2. The number of fused-ring (bicyclic) bond motifs is 1. The largest absolute Gasteiger partial charge is 0.469 e. The molecule has 1 aliphatic carbocycles. The first-order valence-electron chi connectivity index (χ1n) is 9.32. The zero-order valence-corrected chi connectivity index (χ0v) is 17.3. The molecule has 10 heteroatoms. The van der Waals surface area contributed by atoms with Crippen molar-refractivity contribution in [1.29, 1.82) is 0 Å². The molecule has 3 heterocycles. The summed E-state index contributed by atoms with van der Waals surface area (Å²) in [6.07, 6.45) is 4.02. The van der Waals surface area contributed by atoms with Crippen molar-refractivity contribution in [2.45, 2.75) is 18.8 Å². The van der Waals surface area contributed by atoms with E-state index in [9.17, 15) is 9.59 Å². The van der Waals surface area contributed by atoms with E-state index in [1.807, 2.05) is 11.0 Å². The van der Waals surface area contributed by atoms with Crippen LogP contribution in [0.1, 0.15) is 34.2 Å². The van der Waals surface area contributed by atoms with Gasteiger partial charge >= 0.3 is 0 Å². The highest BCUT2D eigenvalue weighted by molar-refractivity contribution is 8.23. The van der Waals surface area contributed by atoms with Crippen LogP contribution in [-0.4, -0.2) is 62.9 Å². The van der Waals surface area contributed by atoms with Crippen LogP contribution >= 0.6 is 24.0 Å². The summed E-state index contributed by atoms with van der Waals surface area (Å²) in [4.78, 5) is 35.3. The number of thiocarbonyl (C=S) groups is 1. The summed E-state index contributed by atoms with van der Waals surface area (Å²) in [5.74, 6) is 0.822. The van der Waals surface area contributed by atoms with Crippen molar-refractivity contribution in [2.75, 3.05) is 37.4 Å². The Bertz CT molecular complexity index is 913. The van der Waals surface area contributed by atoms with Gasteiger partial charge in [-0.2, -0.15) is 0 Å². The van der Waals surface area contributed by atoms with Gasteiger partial charge < -0.3 is 14.1 Å². The maximum atomic E-state index is 12.4. The molecule has 0 spiro atoms. The quantitative estimate of drug-likeness (QED) is 0.730. The highest BCUT2D eigenvalue weighted by Gasteiger charge is 2.29. The number of anilines is 1. The Morgan fingerprint density at radius 3 is 2.93 bits per heavy atom.